The predicted octanol–water partition coefficient (Wildman–Crippen LogP) is -0.161. The van der Waals surface area contributed by atoms with Crippen LogP contribution in [-0.2, 0) is 9.59 Å². The number of piperazine rings is 1. The van der Waals surface area contributed by atoms with Crippen LogP contribution in [0.2, 0.25) is 0 Å². The first-order valence-electron chi connectivity index (χ1n) is 7.32. The van der Waals surface area contributed by atoms with E-state index >= 15 is 0 Å². The first kappa shape index (κ1) is 20.0. The smallest absolute Gasteiger partial charge is 0.354 e. The quantitative estimate of drug-likeness (QED) is 0.733. The Morgan fingerprint density at radius 3 is 2.48 bits per heavy atom. The molecule has 10 heteroatoms. The van der Waals surface area contributed by atoms with Crippen molar-refractivity contribution < 1.29 is 22.8 Å². The summed E-state index contributed by atoms with van der Waals surface area (Å²) >= 11 is 0. The maximum absolute atomic E-state index is 13.2. The highest BCUT2D eigenvalue weighted by Gasteiger charge is 2.44. The van der Waals surface area contributed by atoms with E-state index in [-0.39, 0.29) is 31.3 Å². The molecule has 0 aromatic carbocycles. The van der Waals surface area contributed by atoms with Crippen molar-refractivity contribution >= 4 is 24.2 Å². The Kier molecular flexibility index (Phi) is 7.09. The normalized spacial score (nSPS) is 24.3. The lowest BCUT2D eigenvalue weighted by molar-refractivity contribution is -0.184. The van der Waals surface area contributed by atoms with E-state index in [4.69, 9.17) is 0 Å². The topological polar surface area (TPSA) is 64.7 Å². The molecule has 6 nitrogen and oxygen atoms in total. The number of halogens is 4. The van der Waals surface area contributed by atoms with Gasteiger partial charge < -0.3 is 15.5 Å². The number of carbonyl (C=O) groups is 2. The monoisotopic (exact) mass is 358 g/mol. The van der Waals surface area contributed by atoms with Gasteiger partial charge in [0.25, 0.3) is 0 Å². The molecule has 2 saturated heterocycles. The molecule has 0 bridgehead atoms. The second-order valence-corrected chi connectivity index (χ2v) is 5.76. The molecule has 0 spiro atoms. The molecule has 2 aliphatic rings. The Labute approximate surface area is 139 Å². The van der Waals surface area contributed by atoms with Gasteiger partial charge >= 0.3 is 6.18 Å². The SMILES string of the molecule is CN1CC(C(=O)NCC(N2CCNCC2)C(F)(F)F)CC1=O.Cl. The summed E-state index contributed by atoms with van der Waals surface area (Å²) in [4.78, 5) is 26.1. The van der Waals surface area contributed by atoms with Crippen molar-refractivity contribution in [2.45, 2.75) is 18.6 Å². The lowest BCUT2D eigenvalue weighted by atomic mass is 10.1. The molecule has 2 unspecified atom stereocenters. The highest BCUT2D eigenvalue weighted by atomic mass is 35.5. The third-order valence-corrected chi connectivity index (χ3v) is 4.15. The Morgan fingerprint density at radius 1 is 1.39 bits per heavy atom. The van der Waals surface area contributed by atoms with Crippen molar-refractivity contribution in [2.75, 3.05) is 46.3 Å². The summed E-state index contributed by atoms with van der Waals surface area (Å²) in [6.45, 7) is 1.38. The molecule has 2 aliphatic heterocycles. The average Bonchev–Trinajstić information content (AvgIpc) is 2.78. The highest BCUT2D eigenvalue weighted by molar-refractivity contribution is 5.89. The zero-order valence-corrected chi connectivity index (χ0v) is 13.7. The lowest BCUT2D eigenvalue weighted by Crippen LogP contribution is -2.57. The van der Waals surface area contributed by atoms with Crippen molar-refractivity contribution in [1.82, 2.24) is 20.4 Å². The minimum Gasteiger partial charge on any atom is -0.354 e. The number of carbonyl (C=O) groups excluding carboxylic acids is 2. The van der Waals surface area contributed by atoms with Gasteiger partial charge in [0.2, 0.25) is 11.8 Å². The van der Waals surface area contributed by atoms with Gasteiger partial charge in [-0.25, -0.2) is 0 Å². The van der Waals surface area contributed by atoms with Gasteiger partial charge in [-0.1, -0.05) is 0 Å². The van der Waals surface area contributed by atoms with E-state index in [1.807, 2.05) is 0 Å². The van der Waals surface area contributed by atoms with Crippen LogP contribution in [0.1, 0.15) is 6.42 Å². The number of nitrogens with zero attached hydrogens (tertiary/aromatic N) is 2. The van der Waals surface area contributed by atoms with Gasteiger partial charge in [0.1, 0.15) is 6.04 Å². The van der Waals surface area contributed by atoms with Crippen molar-refractivity contribution in [3.63, 3.8) is 0 Å². The molecule has 2 atom stereocenters. The Balaban J connectivity index is 0.00000264. The van der Waals surface area contributed by atoms with Gasteiger partial charge in [-0.3, -0.25) is 14.5 Å². The van der Waals surface area contributed by atoms with E-state index in [2.05, 4.69) is 10.6 Å². The van der Waals surface area contributed by atoms with Crippen LogP contribution in [0.5, 0.6) is 0 Å². The first-order chi connectivity index (χ1) is 10.3. The van der Waals surface area contributed by atoms with Crippen LogP contribution in [-0.4, -0.2) is 80.1 Å². The number of amides is 2. The molecule has 0 aromatic heterocycles. The zero-order valence-electron chi connectivity index (χ0n) is 12.9. The Bertz CT molecular complexity index is 430. The summed E-state index contributed by atoms with van der Waals surface area (Å²) in [7, 11) is 1.58. The zero-order chi connectivity index (χ0) is 16.3. The van der Waals surface area contributed by atoms with Crippen LogP contribution in [0.3, 0.4) is 0 Å². The van der Waals surface area contributed by atoms with E-state index in [9.17, 15) is 22.8 Å². The second-order valence-electron chi connectivity index (χ2n) is 5.76. The molecule has 2 N–H and O–H groups in total. The van der Waals surface area contributed by atoms with Crippen molar-refractivity contribution in [2.24, 2.45) is 5.92 Å². The van der Waals surface area contributed by atoms with Gasteiger partial charge in [0.05, 0.1) is 5.92 Å². The summed E-state index contributed by atoms with van der Waals surface area (Å²) in [5.74, 6) is -1.20. The molecule has 0 radical (unpaired) electrons. The van der Waals surface area contributed by atoms with Gasteiger partial charge in [0, 0.05) is 52.7 Å². The van der Waals surface area contributed by atoms with Crippen molar-refractivity contribution in [3.05, 3.63) is 0 Å². The largest absolute Gasteiger partial charge is 0.405 e. The van der Waals surface area contributed by atoms with Crippen LogP contribution in [0.25, 0.3) is 0 Å². The summed E-state index contributed by atoms with van der Waals surface area (Å²) in [5.41, 5.74) is 0. The van der Waals surface area contributed by atoms with Gasteiger partial charge in [0.15, 0.2) is 0 Å². The molecule has 0 saturated carbocycles. The minimum atomic E-state index is -4.40. The van der Waals surface area contributed by atoms with Crippen LogP contribution in [0.15, 0.2) is 0 Å². The third kappa shape index (κ3) is 5.22. The number of nitrogens with one attached hydrogen (secondary N) is 2. The van der Waals surface area contributed by atoms with Crippen LogP contribution in [0.4, 0.5) is 13.2 Å². The summed E-state index contributed by atoms with van der Waals surface area (Å²) in [5, 5.41) is 5.37. The maximum atomic E-state index is 13.2. The molecular weight excluding hydrogens is 337 g/mol. The third-order valence-electron chi connectivity index (χ3n) is 4.15. The van der Waals surface area contributed by atoms with Crippen molar-refractivity contribution in [1.29, 1.82) is 0 Å². The molecule has 2 fully saturated rings. The standard InChI is InChI=1S/C13H21F3N4O2.ClH/c1-19-8-9(6-11(19)21)12(22)18-7-10(13(14,15)16)20-4-2-17-3-5-20;/h9-10,17H,2-8H2,1H3,(H,18,22);1H. The first-order valence-corrected chi connectivity index (χ1v) is 7.32. The second kappa shape index (κ2) is 8.16. The van der Waals surface area contributed by atoms with Gasteiger partial charge in [-0.05, 0) is 0 Å². The van der Waals surface area contributed by atoms with E-state index in [1.54, 1.807) is 7.05 Å². The maximum Gasteiger partial charge on any atom is 0.405 e. The molecule has 2 heterocycles. The van der Waals surface area contributed by atoms with Crippen LogP contribution >= 0.6 is 12.4 Å². The summed E-state index contributed by atoms with van der Waals surface area (Å²) in [6.07, 6.45) is -4.33. The highest BCUT2D eigenvalue weighted by Crippen LogP contribution is 2.25. The van der Waals surface area contributed by atoms with E-state index in [0.717, 1.165) is 0 Å². The Hall–Kier alpha value is -1.06. The number of rotatable bonds is 4. The molecule has 134 valence electrons. The number of hydrogen-bond acceptors (Lipinski definition) is 4. The predicted molar refractivity (Wildman–Crippen MR) is 80.3 cm³/mol. The fraction of sp³-hybridized carbons (Fsp3) is 0.846. The van der Waals surface area contributed by atoms with Gasteiger partial charge in [-0.2, -0.15) is 13.2 Å². The Morgan fingerprint density at radius 2 is 2.00 bits per heavy atom. The van der Waals surface area contributed by atoms with E-state index < -0.39 is 30.6 Å². The molecule has 2 rings (SSSR count). The fourth-order valence-electron chi connectivity index (χ4n) is 2.83. The molecule has 0 aromatic rings. The molecular formula is C13H22ClF3N4O2. The molecule has 2 amide bonds. The molecule has 0 aliphatic carbocycles. The van der Waals surface area contributed by atoms with Gasteiger partial charge in [-0.15, -0.1) is 12.4 Å². The number of alkyl halides is 3. The fourth-order valence-corrected chi connectivity index (χ4v) is 2.83. The average molecular weight is 359 g/mol. The minimum absolute atomic E-state index is 0. The number of hydrogen-bond donors (Lipinski definition) is 2. The summed E-state index contributed by atoms with van der Waals surface area (Å²) in [6, 6.07) is -1.69. The summed E-state index contributed by atoms with van der Waals surface area (Å²) < 4.78 is 39.5. The van der Waals surface area contributed by atoms with E-state index in [1.165, 1.54) is 9.80 Å². The lowest BCUT2D eigenvalue weighted by Gasteiger charge is -2.36. The van der Waals surface area contributed by atoms with E-state index in [0.29, 0.717) is 26.2 Å². The number of likely N-dealkylation sites (tertiary alicyclic amines) is 1. The molecule has 23 heavy (non-hydrogen) atoms. The van der Waals surface area contributed by atoms with Crippen LogP contribution in [0, 0.1) is 5.92 Å². The van der Waals surface area contributed by atoms with Crippen molar-refractivity contribution in [3.8, 4) is 0 Å². The van der Waals surface area contributed by atoms with Crippen LogP contribution < -0.4 is 10.6 Å².